The van der Waals surface area contributed by atoms with Gasteiger partial charge in [-0.2, -0.15) is 0 Å². The van der Waals surface area contributed by atoms with Gasteiger partial charge in [0.25, 0.3) is 0 Å². The Morgan fingerprint density at radius 2 is 2.50 bits per heavy atom. The van der Waals surface area contributed by atoms with E-state index in [1.807, 2.05) is 0 Å². The van der Waals surface area contributed by atoms with Gasteiger partial charge in [-0.05, 0) is 11.6 Å². The van der Waals surface area contributed by atoms with E-state index in [9.17, 15) is 4.79 Å². The molecule has 0 saturated heterocycles. The van der Waals surface area contributed by atoms with E-state index in [0.717, 1.165) is 0 Å². The van der Waals surface area contributed by atoms with E-state index in [0.29, 0.717) is 0 Å². The average molecular weight is 131 g/mol. The molecule has 0 N–H and O–H groups in total. The molecule has 0 aromatic rings. The van der Waals surface area contributed by atoms with Crippen molar-refractivity contribution in [2.24, 2.45) is 0 Å². The number of hydrogen-bond acceptors (Lipinski definition) is 1. The Kier molecular flexibility index (Phi) is 1.15. The highest BCUT2D eigenvalue weighted by Crippen LogP contribution is 1.88. The van der Waals surface area contributed by atoms with Crippen LogP contribution in [-0.2, 0) is 4.79 Å². The average Bonchev–Trinajstić information content (AvgIpc) is 1.62. The minimum atomic E-state index is -2.84. The fourth-order valence-electron chi connectivity index (χ4n) is 0.0371. The fourth-order valence-corrected chi connectivity index (χ4v) is 0.219. The van der Waals surface area contributed by atoms with E-state index in [1.165, 1.54) is 0 Å². The van der Waals surface area contributed by atoms with Crippen LogP contribution in [0.1, 0.15) is 11.9 Å². The van der Waals surface area contributed by atoms with Gasteiger partial charge in [0.2, 0.25) is 5.24 Å². The molecule has 0 aliphatic carbocycles. The molecule has 3 heteroatoms. The standard InChI is InChI=1S/C3H4Cl2O/c4-2-1-3(5)6/h1-2H2/i1D2,2D2. The van der Waals surface area contributed by atoms with Gasteiger partial charge in [-0.15, -0.1) is 11.6 Å². The van der Waals surface area contributed by atoms with Gasteiger partial charge in [0, 0.05) is 17.7 Å². The van der Waals surface area contributed by atoms with E-state index in [1.54, 1.807) is 0 Å². The molecule has 0 saturated carbocycles. The molecular weight excluding hydrogens is 123 g/mol. The lowest BCUT2D eigenvalue weighted by Gasteiger charge is -1.76. The zero-order valence-electron chi connectivity index (χ0n) is 6.66. The zero-order chi connectivity index (χ0) is 8.58. The summed E-state index contributed by atoms with van der Waals surface area (Å²) < 4.78 is 26.7. The molecule has 0 fully saturated rings. The predicted octanol–water partition coefficient (Wildman–Crippen LogP) is 1.38. The Balaban J connectivity index is 4.57. The molecule has 0 spiro atoms. The van der Waals surface area contributed by atoms with Crippen LogP contribution < -0.4 is 0 Å². The second kappa shape index (κ2) is 3.44. The minimum Gasteiger partial charge on any atom is -0.281 e. The number of hydrogen-bond donors (Lipinski definition) is 0. The van der Waals surface area contributed by atoms with Crippen LogP contribution in [0.2, 0.25) is 0 Å². The zero-order valence-corrected chi connectivity index (χ0v) is 4.18. The van der Waals surface area contributed by atoms with Crippen LogP contribution >= 0.6 is 23.2 Å². The smallest absolute Gasteiger partial charge is 0.222 e. The SMILES string of the molecule is [2H]C([2H])(Cl)C([2H])([2H])C(=O)Cl. The molecule has 0 bridgehead atoms. The van der Waals surface area contributed by atoms with Gasteiger partial charge in [0.15, 0.2) is 0 Å². The van der Waals surface area contributed by atoms with E-state index >= 15 is 0 Å². The van der Waals surface area contributed by atoms with Crippen molar-refractivity contribution in [2.45, 2.75) is 6.37 Å². The number of halogens is 2. The molecule has 0 aliphatic rings. The molecule has 0 radical (unpaired) electrons. The van der Waals surface area contributed by atoms with E-state index < -0.39 is 17.4 Å². The van der Waals surface area contributed by atoms with Gasteiger partial charge in [-0.3, -0.25) is 4.79 Å². The van der Waals surface area contributed by atoms with Crippen molar-refractivity contribution in [3.05, 3.63) is 0 Å². The first-order chi connectivity index (χ1) is 4.19. The third-order valence-electron chi connectivity index (χ3n) is 0.146. The van der Waals surface area contributed by atoms with Gasteiger partial charge in [-0.25, -0.2) is 0 Å². The summed E-state index contributed by atoms with van der Waals surface area (Å²) in [6.07, 6.45) is -2.84. The van der Waals surface area contributed by atoms with Crippen molar-refractivity contribution in [3.63, 3.8) is 0 Å². The quantitative estimate of drug-likeness (QED) is 0.408. The van der Waals surface area contributed by atoms with Crippen molar-refractivity contribution in [1.29, 1.82) is 0 Å². The first-order valence-electron chi connectivity index (χ1n) is 3.08. The predicted molar refractivity (Wildman–Crippen MR) is 26.2 cm³/mol. The van der Waals surface area contributed by atoms with Gasteiger partial charge < -0.3 is 0 Å². The summed E-state index contributed by atoms with van der Waals surface area (Å²) in [4.78, 5) is 10.2. The third kappa shape index (κ3) is 4.25. The monoisotopic (exact) mass is 130 g/mol. The van der Waals surface area contributed by atoms with Crippen molar-refractivity contribution >= 4 is 28.4 Å². The summed E-state index contributed by atoms with van der Waals surface area (Å²) in [5.74, 6) is -2.76. The topological polar surface area (TPSA) is 17.1 Å². The molecule has 1 nitrogen and oxygen atoms in total. The fraction of sp³-hybridized carbons (Fsp3) is 0.667. The van der Waals surface area contributed by atoms with Gasteiger partial charge in [0.05, 0.1) is 0 Å². The summed E-state index contributed by atoms with van der Waals surface area (Å²) >= 11 is 9.59. The van der Waals surface area contributed by atoms with E-state index in [-0.39, 0.29) is 0 Å². The van der Waals surface area contributed by atoms with Gasteiger partial charge in [-0.1, -0.05) is 0 Å². The minimum absolute atomic E-state index is 1.44. The van der Waals surface area contributed by atoms with E-state index in [4.69, 9.17) is 28.7 Å². The Hall–Kier alpha value is 0.250. The lowest BCUT2D eigenvalue weighted by atomic mass is 10.6. The molecule has 0 aliphatic heterocycles. The van der Waals surface area contributed by atoms with Crippen LogP contribution in [0.5, 0.6) is 0 Å². The molecule has 0 aromatic carbocycles. The maximum Gasteiger partial charge on any atom is 0.222 e. The Bertz CT molecular complexity index is 151. The number of carbonyl (C=O) groups is 1. The highest BCUT2D eigenvalue weighted by Gasteiger charge is 1.88. The Morgan fingerprint density at radius 1 is 2.00 bits per heavy atom. The second-order valence-electron chi connectivity index (χ2n) is 0.493. The molecule has 0 atom stereocenters. The van der Waals surface area contributed by atoms with Gasteiger partial charge >= 0.3 is 0 Å². The summed E-state index contributed by atoms with van der Waals surface area (Å²) in [6.45, 7) is 0. The maximum atomic E-state index is 10.2. The maximum absolute atomic E-state index is 10.2. The normalized spacial score (nSPS) is 23.0. The highest BCUT2D eigenvalue weighted by atomic mass is 35.5. The molecule has 0 aromatic heterocycles. The summed E-state index contributed by atoms with van der Waals surface area (Å²) in [5.41, 5.74) is 0. The van der Waals surface area contributed by atoms with Crippen LogP contribution in [0.4, 0.5) is 0 Å². The molecule has 0 heterocycles. The van der Waals surface area contributed by atoms with Crippen molar-refractivity contribution in [2.75, 3.05) is 5.83 Å². The van der Waals surface area contributed by atoms with Crippen LogP contribution in [0, 0.1) is 0 Å². The molecule has 0 amide bonds. The Morgan fingerprint density at radius 3 is 2.50 bits per heavy atom. The van der Waals surface area contributed by atoms with E-state index in [2.05, 4.69) is 0 Å². The lowest BCUT2D eigenvalue weighted by Crippen LogP contribution is -1.83. The van der Waals surface area contributed by atoms with Crippen LogP contribution in [0.25, 0.3) is 0 Å². The van der Waals surface area contributed by atoms with Crippen LogP contribution in [0.15, 0.2) is 0 Å². The van der Waals surface area contributed by atoms with Gasteiger partial charge in [0.1, 0.15) is 0 Å². The summed E-state index contributed by atoms with van der Waals surface area (Å²) in [5, 5.41) is -1.44. The molecule has 36 valence electrons. The van der Waals surface area contributed by atoms with Crippen molar-refractivity contribution in [1.82, 2.24) is 0 Å². The Labute approximate surface area is 51.9 Å². The number of carbonyl (C=O) groups excluding carboxylic acids is 1. The number of rotatable bonds is 2. The van der Waals surface area contributed by atoms with Crippen LogP contribution in [0.3, 0.4) is 0 Å². The molecule has 0 unspecified atom stereocenters. The lowest BCUT2D eigenvalue weighted by molar-refractivity contribution is -0.111. The first kappa shape index (κ1) is 2.01. The summed E-state index contributed by atoms with van der Waals surface area (Å²) in [7, 11) is 0. The number of alkyl halides is 1. The molecule has 6 heavy (non-hydrogen) atoms. The molecule has 0 rings (SSSR count). The third-order valence-corrected chi connectivity index (χ3v) is 0.335. The van der Waals surface area contributed by atoms with Crippen molar-refractivity contribution < 1.29 is 10.3 Å². The summed E-state index contributed by atoms with van der Waals surface area (Å²) in [6, 6.07) is 0. The van der Waals surface area contributed by atoms with Crippen molar-refractivity contribution in [3.8, 4) is 0 Å². The first-order valence-corrected chi connectivity index (χ1v) is 1.84. The van der Waals surface area contributed by atoms with Crippen LogP contribution in [-0.4, -0.2) is 11.1 Å². The highest BCUT2D eigenvalue weighted by molar-refractivity contribution is 6.63. The molecular formula is C3H4Cl2O. The largest absolute Gasteiger partial charge is 0.281 e. The second-order valence-corrected chi connectivity index (χ2v) is 1.03.